The topological polar surface area (TPSA) is 52.6 Å². The third kappa shape index (κ3) is 8.99. The molecule has 0 spiro atoms. The van der Waals surface area contributed by atoms with Crippen LogP contribution in [0.3, 0.4) is 0 Å². The Morgan fingerprint density at radius 3 is 2.31 bits per heavy atom. The maximum atomic E-state index is 11.0. The molecule has 16 heavy (non-hydrogen) atoms. The predicted octanol–water partition coefficient (Wildman–Crippen LogP) is 2.01. The van der Waals surface area contributed by atoms with Gasteiger partial charge in [0.25, 0.3) is 0 Å². The van der Waals surface area contributed by atoms with Crippen LogP contribution in [0.1, 0.15) is 26.2 Å². The fourth-order valence-corrected chi connectivity index (χ4v) is 0.898. The third-order valence-corrected chi connectivity index (χ3v) is 1.69. The second-order valence-electron chi connectivity index (χ2n) is 3.13. The molecule has 0 aliphatic heterocycles. The maximum Gasteiger partial charge on any atom is 0.331 e. The van der Waals surface area contributed by atoms with Crippen molar-refractivity contribution in [1.82, 2.24) is 0 Å². The lowest BCUT2D eigenvalue weighted by Crippen LogP contribution is -2.05. The Balaban J connectivity index is 3.64. The summed E-state index contributed by atoms with van der Waals surface area (Å²) in [5.74, 6) is -1.10. The van der Waals surface area contributed by atoms with Gasteiger partial charge in [-0.2, -0.15) is 0 Å². The minimum Gasteiger partial charge on any atom is -0.463 e. The van der Waals surface area contributed by atoms with Gasteiger partial charge in [0, 0.05) is 12.2 Å². The number of ether oxygens (including phenoxy) is 2. The molecule has 0 amide bonds. The molecule has 0 saturated carbocycles. The molecule has 0 fully saturated rings. The number of esters is 2. The smallest absolute Gasteiger partial charge is 0.331 e. The highest BCUT2D eigenvalue weighted by molar-refractivity contribution is 5.91. The van der Waals surface area contributed by atoms with Crippen LogP contribution >= 0.6 is 0 Å². The number of rotatable bonds is 8. The molecule has 0 atom stereocenters. The lowest BCUT2D eigenvalue weighted by atomic mass is 10.3. The number of hydrogen-bond acceptors (Lipinski definition) is 4. The Morgan fingerprint density at radius 2 is 1.75 bits per heavy atom. The monoisotopic (exact) mass is 226 g/mol. The highest BCUT2D eigenvalue weighted by Gasteiger charge is 1.99. The fraction of sp³-hybridized carbons (Fsp3) is 0.500. The van der Waals surface area contributed by atoms with E-state index in [0.29, 0.717) is 6.61 Å². The molecule has 0 aromatic carbocycles. The Labute approximate surface area is 95.9 Å². The van der Waals surface area contributed by atoms with Crippen molar-refractivity contribution in [2.75, 3.05) is 13.2 Å². The minimum absolute atomic E-state index is 0.134. The van der Waals surface area contributed by atoms with Crippen molar-refractivity contribution in [3.8, 4) is 0 Å². The van der Waals surface area contributed by atoms with Crippen molar-refractivity contribution >= 4 is 11.9 Å². The lowest BCUT2D eigenvalue weighted by molar-refractivity contribution is -0.140. The molecule has 0 radical (unpaired) electrons. The van der Waals surface area contributed by atoms with Crippen molar-refractivity contribution in [3.63, 3.8) is 0 Å². The first kappa shape index (κ1) is 14.4. The summed E-state index contributed by atoms with van der Waals surface area (Å²) in [5.41, 5.74) is 0. The number of carbonyl (C=O) groups excluding carboxylic acids is 2. The van der Waals surface area contributed by atoms with Gasteiger partial charge in [-0.25, -0.2) is 9.59 Å². The van der Waals surface area contributed by atoms with Gasteiger partial charge in [0.1, 0.15) is 6.61 Å². The Morgan fingerprint density at radius 1 is 1.12 bits per heavy atom. The Bertz CT molecular complexity index is 256. The van der Waals surface area contributed by atoms with Crippen LogP contribution < -0.4 is 0 Å². The van der Waals surface area contributed by atoms with Crippen LogP contribution in [-0.2, 0) is 19.1 Å². The summed E-state index contributed by atoms with van der Waals surface area (Å²) in [4.78, 5) is 22.0. The average Bonchev–Trinajstić information content (AvgIpc) is 2.29. The zero-order valence-electron chi connectivity index (χ0n) is 9.61. The van der Waals surface area contributed by atoms with E-state index in [-0.39, 0.29) is 6.61 Å². The van der Waals surface area contributed by atoms with E-state index in [4.69, 9.17) is 4.74 Å². The molecule has 0 saturated heterocycles. The summed E-state index contributed by atoms with van der Waals surface area (Å²) in [6, 6.07) is 0. The maximum absolute atomic E-state index is 11.0. The van der Waals surface area contributed by atoms with Crippen molar-refractivity contribution < 1.29 is 19.1 Å². The van der Waals surface area contributed by atoms with Crippen LogP contribution in [0.5, 0.6) is 0 Å². The SMILES string of the molecule is C=CCOC(=O)/C=C\C(=O)OCCCCC. The Kier molecular flexibility index (Phi) is 8.97. The molecular formula is C12H18O4. The molecule has 0 rings (SSSR count). The van der Waals surface area contributed by atoms with Gasteiger partial charge in [0.05, 0.1) is 6.61 Å². The van der Waals surface area contributed by atoms with Crippen LogP contribution in [0.2, 0.25) is 0 Å². The summed E-state index contributed by atoms with van der Waals surface area (Å²) < 4.78 is 9.48. The van der Waals surface area contributed by atoms with Crippen molar-refractivity contribution in [2.45, 2.75) is 26.2 Å². The highest BCUT2D eigenvalue weighted by atomic mass is 16.5. The van der Waals surface area contributed by atoms with E-state index in [2.05, 4.69) is 18.2 Å². The summed E-state index contributed by atoms with van der Waals surface area (Å²) in [7, 11) is 0. The zero-order valence-corrected chi connectivity index (χ0v) is 9.61. The van der Waals surface area contributed by atoms with Crippen LogP contribution in [0.25, 0.3) is 0 Å². The molecule has 0 aliphatic carbocycles. The zero-order chi connectivity index (χ0) is 12.2. The van der Waals surface area contributed by atoms with Crippen molar-refractivity contribution in [2.24, 2.45) is 0 Å². The van der Waals surface area contributed by atoms with E-state index >= 15 is 0 Å². The number of hydrogen-bond donors (Lipinski definition) is 0. The second-order valence-corrected chi connectivity index (χ2v) is 3.13. The van der Waals surface area contributed by atoms with E-state index in [9.17, 15) is 9.59 Å². The highest BCUT2D eigenvalue weighted by Crippen LogP contribution is 1.95. The molecule has 0 N–H and O–H groups in total. The standard InChI is InChI=1S/C12H18O4/c1-3-5-6-10-16-12(14)8-7-11(13)15-9-4-2/h4,7-8H,2-3,5-6,9-10H2,1H3/b8-7-. The van der Waals surface area contributed by atoms with Crippen LogP contribution in [0, 0.1) is 0 Å². The normalized spacial score (nSPS) is 10.1. The molecule has 0 unspecified atom stereocenters. The first-order valence-electron chi connectivity index (χ1n) is 5.33. The minimum atomic E-state index is -0.578. The van der Waals surface area contributed by atoms with Gasteiger partial charge < -0.3 is 9.47 Å². The number of unbranched alkanes of at least 4 members (excludes halogenated alkanes) is 2. The molecule has 0 heterocycles. The van der Waals surface area contributed by atoms with Crippen LogP contribution in [0.4, 0.5) is 0 Å². The van der Waals surface area contributed by atoms with E-state index in [0.717, 1.165) is 31.4 Å². The quantitative estimate of drug-likeness (QED) is 0.275. The molecule has 90 valence electrons. The van der Waals surface area contributed by atoms with Gasteiger partial charge in [0.15, 0.2) is 0 Å². The first-order chi connectivity index (χ1) is 7.70. The van der Waals surface area contributed by atoms with Crippen LogP contribution in [0.15, 0.2) is 24.8 Å². The van der Waals surface area contributed by atoms with Gasteiger partial charge in [-0.1, -0.05) is 32.4 Å². The second kappa shape index (κ2) is 9.96. The van der Waals surface area contributed by atoms with Crippen molar-refractivity contribution in [3.05, 3.63) is 24.8 Å². The molecule has 4 nitrogen and oxygen atoms in total. The molecule has 0 aromatic heterocycles. The molecule has 4 heteroatoms. The van der Waals surface area contributed by atoms with Gasteiger partial charge >= 0.3 is 11.9 Å². The van der Waals surface area contributed by atoms with Crippen molar-refractivity contribution in [1.29, 1.82) is 0 Å². The van der Waals surface area contributed by atoms with Crippen LogP contribution in [-0.4, -0.2) is 25.2 Å². The summed E-state index contributed by atoms with van der Waals surface area (Å²) in [6.45, 7) is 5.98. The summed E-state index contributed by atoms with van der Waals surface area (Å²) >= 11 is 0. The van der Waals surface area contributed by atoms with Gasteiger partial charge in [-0.15, -0.1) is 0 Å². The molecule has 0 aromatic rings. The van der Waals surface area contributed by atoms with E-state index in [1.165, 1.54) is 6.08 Å². The van der Waals surface area contributed by atoms with Gasteiger partial charge in [-0.05, 0) is 6.42 Å². The summed E-state index contributed by atoms with van der Waals surface area (Å²) in [5, 5.41) is 0. The van der Waals surface area contributed by atoms with Gasteiger partial charge in [0.2, 0.25) is 0 Å². The first-order valence-corrected chi connectivity index (χ1v) is 5.33. The van der Waals surface area contributed by atoms with E-state index in [1.807, 2.05) is 0 Å². The predicted molar refractivity (Wildman–Crippen MR) is 60.8 cm³/mol. The largest absolute Gasteiger partial charge is 0.463 e. The van der Waals surface area contributed by atoms with E-state index < -0.39 is 11.9 Å². The fourth-order valence-electron chi connectivity index (χ4n) is 0.898. The number of carbonyl (C=O) groups is 2. The molecular weight excluding hydrogens is 208 g/mol. The molecule has 0 aliphatic rings. The average molecular weight is 226 g/mol. The lowest BCUT2D eigenvalue weighted by Gasteiger charge is -2.00. The molecule has 0 bridgehead atoms. The van der Waals surface area contributed by atoms with E-state index in [1.54, 1.807) is 0 Å². The summed E-state index contributed by atoms with van der Waals surface area (Å²) in [6.07, 6.45) is 6.51. The van der Waals surface area contributed by atoms with Gasteiger partial charge in [-0.3, -0.25) is 0 Å². The third-order valence-electron chi connectivity index (χ3n) is 1.69. The Hall–Kier alpha value is -1.58.